The van der Waals surface area contributed by atoms with Crippen molar-refractivity contribution >= 4 is 45.6 Å². The van der Waals surface area contributed by atoms with E-state index in [1.807, 2.05) is 9.80 Å². The van der Waals surface area contributed by atoms with Crippen molar-refractivity contribution in [1.29, 1.82) is 0 Å². The van der Waals surface area contributed by atoms with E-state index in [4.69, 9.17) is 16.3 Å². The maximum absolute atomic E-state index is 15.8. The number of piperazine rings is 1. The number of aryl methyl sites for hydroxylation is 1. The van der Waals surface area contributed by atoms with Crippen LogP contribution in [0.1, 0.15) is 24.8 Å². The number of pyridine rings is 2. The molecule has 15 heteroatoms. The number of hydrogen-bond acceptors (Lipinski definition) is 9. The summed E-state index contributed by atoms with van der Waals surface area (Å²) >= 11 is 6.82. The molecule has 2 amide bonds. The Morgan fingerprint density at radius 3 is 2.52 bits per heavy atom. The normalized spacial score (nSPS) is 21.3. The van der Waals surface area contributed by atoms with E-state index in [0.29, 0.717) is 83.2 Å². The van der Waals surface area contributed by atoms with Crippen LogP contribution in [0.2, 0.25) is 5.02 Å². The molecule has 3 aliphatic heterocycles. The van der Waals surface area contributed by atoms with Gasteiger partial charge in [0.1, 0.15) is 17.6 Å². The molecule has 52 heavy (non-hydrogen) atoms. The van der Waals surface area contributed by atoms with Gasteiger partial charge in [-0.05, 0) is 54.6 Å². The van der Waals surface area contributed by atoms with Crippen LogP contribution >= 0.6 is 11.6 Å². The topological polar surface area (TPSA) is 112 Å². The summed E-state index contributed by atoms with van der Waals surface area (Å²) in [6.45, 7) is 1.71. The fraction of sp³-hybridized carbons (Fsp3) is 0.405. The lowest BCUT2D eigenvalue weighted by Gasteiger charge is -2.46. The number of fused-ring (bicyclic) bond motifs is 1. The average Bonchev–Trinajstić information content (AvgIpc) is 3.11. The van der Waals surface area contributed by atoms with Gasteiger partial charge in [-0.25, -0.2) is 13.2 Å². The predicted octanol–water partition coefficient (Wildman–Crippen LogP) is 4.65. The molecule has 0 saturated carbocycles. The molecule has 3 fully saturated rings. The molecule has 2 atom stereocenters. The molecular weight excluding hydrogens is 699 g/mol. The number of nitrogens with zero attached hydrogens (tertiary/aromatic N) is 5. The van der Waals surface area contributed by atoms with E-state index in [1.54, 1.807) is 54.7 Å². The van der Waals surface area contributed by atoms with Gasteiger partial charge in [-0.15, -0.1) is 0 Å². The molecule has 2 N–H and O–H groups in total. The third-order valence-electron chi connectivity index (χ3n) is 10.3. The smallest absolute Gasteiger partial charge is 0.275 e. The zero-order valence-electron chi connectivity index (χ0n) is 28.8. The minimum Gasteiger partial charge on any atom is -0.496 e. The highest BCUT2D eigenvalue weighted by Gasteiger charge is 2.48. The molecule has 5 heterocycles. The molecule has 4 aromatic rings. The lowest BCUT2D eigenvalue weighted by molar-refractivity contribution is -0.133. The number of carbonyl (C=O) groups excluding carboxylic acids is 2. The van der Waals surface area contributed by atoms with Gasteiger partial charge in [-0.2, -0.15) is 0 Å². The Morgan fingerprint density at radius 2 is 1.81 bits per heavy atom. The SMILES string of the molecule is COc1cc(-c2cn(C)c(=O)c3cnccc23)c(Cl)cc1CN1CCC(N2CCN(c3ccc(NC4CCC(=O)NC4=O)cc3F)CC2)C(F)(F)C1. The molecule has 274 valence electrons. The van der Waals surface area contributed by atoms with E-state index >= 15 is 13.2 Å². The third-order valence-corrected chi connectivity index (χ3v) is 10.6. The number of imide groups is 1. The Bertz CT molecular complexity index is 2090. The molecule has 2 unspecified atom stereocenters. The highest BCUT2D eigenvalue weighted by molar-refractivity contribution is 6.34. The molecule has 0 aliphatic carbocycles. The molecule has 0 bridgehead atoms. The number of aromatic nitrogens is 2. The number of nitrogens with one attached hydrogen (secondary N) is 2. The first-order valence-corrected chi connectivity index (χ1v) is 17.6. The van der Waals surface area contributed by atoms with E-state index in [-0.39, 0.29) is 30.9 Å². The first kappa shape index (κ1) is 35.7. The van der Waals surface area contributed by atoms with Gasteiger partial charge < -0.3 is 19.5 Å². The van der Waals surface area contributed by atoms with E-state index < -0.39 is 36.3 Å². The standard InChI is InChI=1S/C37H39ClF3N7O4/c1-45-20-27(24-7-9-42-18-26(24)36(45)51)25-17-32(52-2)22(15-28(25)38)19-46-10-8-33(37(40,41)21-46)48-13-11-47(12-14-48)31-5-3-23(16-29(31)39)43-30-4-6-34(49)44-35(30)50/h3,5,7,9,15-18,20,30,33,43H,4,6,8,10-14,19,21H2,1-2H3,(H,44,49,50). The van der Waals surface area contributed by atoms with E-state index in [0.717, 1.165) is 5.56 Å². The predicted molar refractivity (Wildman–Crippen MR) is 193 cm³/mol. The molecule has 3 saturated heterocycles. The minimum absolute atomic E-state index is 0.181. The largest absolute Gasteiger partial charge is 0.496 e. The van der Waals surface area contributed by atoms with Gasteiger partial charge in [0.25, 0.3) is 11.5 Å². The zero-order chi connectivity index (χ0) is 36.7. The van der Waals surface area contributed by atoms with Crippen LogP contribution in [0.25, 0.3) is 21.9 Å². The van der Waals surface area contributed by atoms with Crippen molar-refractivity contribution in [3.8, 4) is 16.9 Å². The summed E-state index contributed by atoms with van der Waals surface area (Å²) in [5.74, 6) is -3.73. The summed E-state index contributed by atoms with van der Waals surface area (Å²) in [5.41, 5.74) is 2.66. The average molecular weight is 738 g/mol. The second-order valence-electron chi connectivity index (χ2n) is 13.6. The quantitative estimate of drug-likeness (QED) is 0.250. The molecular formula is C37H39ClF3N7O4. The van der Waals surface area contributed by atoms with Gasteiger partial charge in [0, 0.05) is 98.7 Å². The molecule has 11 nitrogen and oxygen atoms in total. The molecule has 2 aromatic carbocycles. The number of likely N-dealkylation sites (tertiary alicyclic amines) is 1. The van der Waals surface area contributed by atoms with Crippen LogP contribution < -0.4 is 25.8 Å². The number of hydrogen-bond donors (Lipinski definition) is 2. The molecule has 3 aliphatic rings. The second-order valence-corrected chi connectivity index (χ2v) is 14.0. The molecule has 0 radical (unpaired) electrons. The minimum atomic E-state index is -2.99. The maximum Gasteiger partial charge on any atom is 0.275 e. The lowest BCUT2D eigenvalue weighted by atomic mass is 9.96. The van der Waals surface area contributed by atoms with Crippen molar-refractivity contribution < 1.29 is 27.5 Å². The number of halogens is 4. The van der Waals surface area contributed by atoms with Gasteiger partial charge in [0.15, 0.2) is 0 Å². The molecule has 2 aromatic heterocycles. The zero-order valence-corrected chi connectivity index (χ0v) is 29.6. The van der Waals surface area contributed by atoms with Crippen LogP contribution in [0.3, 0.4) is 0 Å². The fourth-order valence-electron chi connectivity index (χ4n) is 7.62. The van der Waals surface area contributed by atoms with Crippen molar-refractivity contribution in [3.63, 3.8) is 0 Å². The van der Waals surface area contributed by atoms with Crippen molar-refractivity contribution in [3.05, 3.63) is 81.7 Å². The van der Waals surface area contributed by atoms with Gasteiger partial charge in [0.2, 0.25) is 11.8 Å². The van der Waals surface area contributed by atoms with E-state index in [2.05, 4.69) is 15.6 Å². The summed E-state index contributed by atoms with van der Waals surface area (Å²) < 4.78 is 54.1. The van der Waals surface area contributed by atoms with Crippen molar-refractivity contribution in [2.75, 3.05) is 56.6 Å². The lowest BCUT2D eigenvalue weighted by Crippen LogP contribution is -2.61. The van der Waals surface area contributed by atoms with E-state index in [9.17, 15) is 14.4 Å². The monoisotopic (exact) mass is 737 g/mol. The maximum atomic E-state index is 15.8. The highest BCUT2D eigenvalue weighted by atomic mass is 35.5. The summed E-state index contributed by atoms with van der Waals surface area (Å²) in [6.07, 6.45) is 5.64. The van der Waals surface area contributed by atoms with Crippen molar-refractivity contribution in [2.45, 2.75) is 43.8 Å². The number of benzene rings is 2. The third kappa shape index (κ3) is 7.06. The number of rotatable bonds is 8. The Kier molecular flexibility index (Phi) is 9.89. The first-order valence-electron chi connectivity index (χ1n) is 17.2. The van der Waals surface area contributed by atoms with Gasteiger partial charge in [0.05, 0.1) is 30.8 Å². The molecule has 7 rings (SSSR count). The van der Waals surface area contributed by atoms with Crippen LogP contribution in [-0.4, -0.2) is 95.5 Å². The Balaban J connectivity index is 0.983. The number of amides is 2. The number of piperidine rings is 2. The van der Waals surface area contributed by atoms with Gasteiger partial charge in [-0.1, -0.05) is 11.6 Å². The second kappa shape index (κ2) is 14.4. The summed E-state index contributed by atoms with van der Waals surface area (Å²) in [7, 11) is 3.19. The Morgan fingerprint density at radius 1 is 1.02 bits per heavy atom. The van der Waals surface area contributed by atoms with Crippen LogP contribution in [-0.2, 0) is 23.2 Å². The number of alkyl halides is 2. The van der Waals surface area contributed by atoms with Gasteiger partial charge >= 0.3 is 0 Å². The highest BCUT2D eigenvalue weighted by Crippen LogP contribution is 2.39. The Labute approximate surface area is 303 Å². The van der Waals surface area contributed by atoms with Crippen LogP contribution in [0.4, 0.5) is 24.5 Å². The Hall–Kier alpha value is -4.66. The van der Waals surface area contributed by atoms with Crippen LogP contribution in [0.15, 0.2) is 59.8 Å². The summed E-state index contributed by atoms with van der Waals surface area (Å²) in [5, 5.41) is 6.81. The van der Waals surface area contributed by atoms with Crippen LogP contribution in [0, 0.1) is 5.82 Å². The molecule has 0 spiro atoms. The first-order chi connectivity index (χ1) is 24.9. The number of anilines is 2. The summed E-state index contributed by atoms with van der Waals surface area (Å²) in [4.78, 5) is 45.7. The fourth-order valence-corrected chi connectivity index (χ4v) is 7.91. The number of carbonyl (C=O) groups is 2. The summed E-state index contributed by atoms with van der Waals surface area (Å²) in [6, 6.07) is 8.33. The van der Waals surface area contributed by atoms with Crippen LogP contribution in [0.5, 0.6) is 5.75 Å². The van der Waals surface area contributed by atoms with Crippen molar-refractivity contribution in [2.24, 2.45) is 7.05 Å². The van der Waals surface area contributed by atoms with E-state index in [1.165, 1.54) is 23.9 Å². The number of ether oxygens (including phenoxy) is 1. The van der Waals surface area contributed by atoms with Crippen molar-refractivity contribution in [1.82, 2.24) is 24.7 Å². The van der Waals surface area contributed by atoms with Gasteiger partial charge in [-0.3, -0.25) is 34.5 Å². The number of methoxy groups -OCH3 is 1.